The summed E-state index contributed by atoms with van der Waals surface area (Å²) in [6.45, 7) is 0. The van der Waals surface area contributed by atoms with Gasteiger partial charge in [0.25, 0.3) is 0 Å². The summed E-state index contributed by atoms with van der Waals surface area (Å²) in [4.78, 5) is 0.0765. The molecule has 0 amide bonds. The first-order chi connectivity index (χ1) is 9.51. The van der Waals surface area contributed by atoms with E-state index in [0.717, 1.165) is 18.2 Å². The van der Waals surface area contributed by atoms with Crippen molar-refractivity contribution in [3.05, 3.63) is 65.0 Å². The highest BCUT2D eigenvalue weighted by molar-refractivity contribution is 7.84. The maximum absolute atomic E-state index is 13.6. The van der Waals surface area contributed by atoms with Crippen molar-refractivity contribution in [1.82, 2.24) is 0 Å². The van der Waals surface area contributed by atoms with Gasteiger partial charge in [-0.25, -0.2) is 13.2 Å². The van der Waals surface area contributed by atoms with E-state index in [0.29, 0.717) is 0 Å². The Hall–Kier alpha value is -2.13. The topological polar surface area (TPSA) is 40.9 Å². The zero-order valence-corrected chi connectivity index (χ0v) is 10.9. The number of nitrogens with zero attached hydrogens (tertiary/aromatic N) is 1. The van der Waals surface area contributed by atoms with E-state index in [1.165, 1.54) is 18.2 Å². The Morgan fingerprint density at radius 1 is 1.00 bits per heavy atom. The summed E-state index contributed by atoms with van der Waals surface area (Å²) in [7, 11) is -1.70. The Kier molecular flexibility index (Phi) is 4.20. The Morgan fingerprint density at radius 2 is 1.75 bits per heavy atom. The molecule has 0 fully saturated rings. The van der Waals surface area contributed by atoms with Gasteiger partial charge in [0.2, 0.25) is 0 Å². The molecule has 0 radical (unpaired) electrons. The van der Waals surface area contributed by atoms with Crippen LogP contribution in [0, 0.1) is 28.8 Å². The fourth-order valence-corrected chi connectivity index (χ4v) is 2.71. The van der Waals surface area contributed by atoms with Crippen LogP contribution in [0.5, 0.6) is 0 Å². The van der Waals surface area contributed by atoms with E-state index >= 15 is 0 Å². The van der Waals surface area contributed by atoms with E-state index in [2.05, 4.69) is 0 Å². The van der Waals surface area contributed by atoms with Gasteiger partial charge in [-0.05, 0) is 30.3 Å². The highest BCUT2D eigenvalue weighted by atomic mass is 32.2. The number of benzene rings is 2. The molecule has 1 atom stereocenters. The van der Waals surface area contributed by atoms with Gasteiger partial charge in [-0.2, -0.15) is 5.26 Å². The minimum atomic E-state index is -1.70. The molecule has 2 rings (SSSR count). The standard InChI is InChI=1S/C14H8F3NOS/c15-12-4-3-11(6-14(12)17)20(19)8-10-2-1-9(7-18)5-13(10)16/h1-6H,8H2. The summed E-state index contributed by atoms with van der Waals surface area (Å²) in [5.74, 6) is -2.96. The molecule has 0 aliphatic heterocycles. The molecule has 2 aromatic rings. The fraction of sp³-hybridized carbons (Fsp3) is 0.0714. The van der Waals surface area contributed by atoms with Gasteiger partial charge < -0.3 is 0 Å². The molecule has 6 heteroatoms. The molecule has 0 aliphatic carbocycles. The Labute approximate surface area is 115 Å². The van der Waals surface area contributed by atoms with Crippen LogP contribution in [0.1, 0.15) is 11.1 Å². The van der Waals surface area contributed by atoms with Crippen LogP contribution in [0.2, 0.25) is 0 Å². The third kappa shape index (κ3) is 3.06. The third-order valence-electron chi connectivity index (χ3n) is 2.62. The van der Waals surface area contributed by atoms with Gasteiger partial charge in [-0.15, -0.1) is 0 Å². The fourth-order valence-electron chi connectivity index (χ4n) is 1.58. The molecule has 0 N–H and O–H groups in total. The van der Waals surface area contributed by atoms with Gasteiger partial charge in [0.15, 0.2) is 11.6 Å². The highest BCUT2D eigenvalue weighted by Crippen LogP contribution is 2.18. The first-order valence-electron chi connectivity index (χ1n) is 5.53. The lowest BCUT2D eigenvalue weighted by Crippen LogP contribution is -2.00. The second-order valence-electron chi connectivity index (χ2n) is 3.98. The molecule has 102 valence electrons. The minimum absolute atomic E-state index is 0.0765. The van der Waals surface area contributed by atoms with Crippen molar-refractivity contribution in [2.45, 2.75) is 10.6 Å². The summed E-state index contributed by atoms with van der Waals surface area (Å²) in [6.07, 6.45) is 0. The maximum atomic E-state index is 13.6. The van der Waals surface area contributed by atoms with Crippen LogP contribution in [0.15, 0.2) is 41.3 Å². The van der Waals surface area contributed by atoms with Crippen molar-refractivity contribution in [3.8, 4) is 6.07 Å². The molecule has 20 heavy (non-hydrogen) atoms. The van der Waals surface area contributed by atoms with Gasteiger partial charge in [-0.3, -0.25) is 4.21 Å². The molecule has 0 aromatic heterocycles. The largest absolute Gasteiger partial charge is 0.254 e. The monoisotopic (exact) mass is 295 g/mol. The molecular formula is C14H8F3NOS. The normalized spacial score (nSPS) is 11.9. The number of nitriles is 1. The number of rotatable bonds is 3. The predicted molar refractivity (Wildman–Crippen MR) is 67.6 cm³/mol. The van der Waals surface area contributed by atoms with Crippen LogP contribution in [0.4, 0.5) is 13.2 Å². The first kappa shape index (κ1) is 14.3. The molecule has 0 bridgehead atoms. The van der Waals surface area contributed by atoms with Crippen molar-refractivity contribution in [2.24, 2.45) is 0 Å². The van der Waals surface area contributed by atoms with E-state index in [1.807, 2.05) is 0 Å². The van der Waals surface area contributed by atoms with Crippen molar-refractivity contribution in [1.29, 1.82) is 5.26 Å². The Morgan fingerprint density at radius 3 is 2.35 bits per heavy atom. The number of hydrogen-bond acceptors (Lipinski definition) is 2. The van der Waals surface area contributed by atoms with Crippen molar-refractivity contribution < 1.29 is 17.4 Å². The van der Waals surface area contributed by atoms with Crippen LogP contribution in [-0.2, 0) is 16.6 Å². The third-order valence-corrected chi connectivity index (χ3v) is 3.98. The smallest absolute Gasteiger partial charge is 0.160 e. The van der Waals surface area contributed by atoms with Gasteiger partial charge >= 0.3 is 0 Å². The minimum Gasteiger partial charge on any atom is -0.254 e. The van der Waals surface area contributed by atoms with Gasteiger partial charge in [-0.1, -0.05) is 6.07 Å². The van der Waals surface area contributed by atoms with Crippen LogP contribution in [0.25, 0.3) is 0 Å². The molecule has 0 spiro atoms. The summed E-state index contributed by atoms with van der Waals surface area (Å²) >= 11 is 0. The number of hydrogen-bond donors (Lipinski definition) is 0. The van der Waals surface area contributed by atoms with E-state index in [1.54, 1.807) is 6.07 Å². The molecule has 0 aliphatic rings. The van der Waals surface area contributed by atoms with Crippen LogP contribution >= 0.6 is 0 Å². The Balaban J connectivity index is 2.23. The second kappa shape index (κ2) is 5.88. The van der Waals surface area contributed by atoms with Crippen LogP contribution < -0.4 is 0 Å². The summed E-state index contributed by atoms with van der Waals surface area (Å²) in [5.41, 5.74) is 0.303. The maximum Gasteiger partial charge on any atom is 0.160 e. The lowest BCUT2D eigenvalue weighted by Gasteiger charge is -2.05. The quantitative estimate of drug-likeness (QED) is 0.872. The van der Waals surface area contributed by atoms with E-state index in [-0.39, 0.29) is 21.8 Å². The van der Waals surface area contributed by atoms with Gasteiger partial charge in [0, 0.05) is 10.5 Å². The molecule has 0 saturated heterocycles. The summed E-state index contributed by atoms with van der Waals surface area (Å²) in [5, 5.41) is 8.62. The molecule has 2 nitrogen and oxygen atoms in total. The van der Waals surface area contributed by atoms with Crippen molar-refractivity contribution in [2.75, 3.05) is 0 Å². The van der Waals surface area contributed by atoms with Gasteiger partial charge in [0.05, 0.1) is 28.2 Å². The molecular weight excluding hydrogens is 287 g/mol. The SMILES string of the molecule is N#Cc1ccc(CS(=O)c2ccc(F)c(F)c2)c(F)c1. The molecule has 2 aromatic carbocycles. The second-order valence-corrected chi connectivity index (χ2v) is 5.43. The Bertz CT molecular complexity index is 725. The zero-order chi connectivity index (χ0) is 14.7. The molecule has 0 heterocycles. The molecule has 1 unspecified atom stereocenters. The lowest BCUT2D eigenvalue weighted by atomic mass is 10.1. The number of halogens is 3. The predicted octanol–water partition coefficient (Wildman–Crippen LogP) is 3.28. The van der Waals surface area contributed by atoms with E-state index in [9.17, 15) is 17.4 Å². The van der Waals surface area contributed by atoms with E-state index < -0.39 is 28.3 Å². The first-order valence-corrected chi connectivity index (χ1v) is 6.85. The van der Waals surface area contributed by atoms with Crippen molar-refractivity contribution >= 4 is 10.8 Å². The average Bonchev–Trinajstić information content (AvgIpc) is 2.43. The molecule has 0 saturated carbocycles. The average molecular weight is 295 g/mol. The van der Waals surface area contributed by atoms with Crippen LogP contribution in [-0.4, -0.2) is 4.21 Å². The van der Waals surface area contributed by atoms with Crippen molar-refractivity contribution in [3.63, 3.8) is 0 Å². The zero-order valence-electron chi connectivity index (χ0n) is 10.1. The van der Waals surface area contributed by atoms with Gasteiger partial charge in [0.1, 0.15) is 5.82 Å². The lowest BCUT2D eigenvalue weighted by molar-refractivity contribution is 0.505. The summed E-state index contributed by atoms with van der Waals surface area (Å²) in [6, 6.07) is 8.47. The van der Waals surface area contributed by atoms with Crippen LogP contribution in [0.3, 0.4) is 0 Å². The highest BCUT2D eigenvalue weighted by Gasteiger charge is 2.12. The van der Waals surface area contributed by atoms with E-state index in [4.69, 9.17) is 5.26 Å². The summed E-state index contributed by atoms with van der Waals surface area (Å²) < 4.78 is 51.4.